The molecule has 0 saturated heterocycles. The molecule has 146 valence electrons. The van der Waals surface area contributed by atoms with Gasteiger partial charge in [-0.2, -0.15) is 0 Å². The Hall–Kier alpha value is -1.83. The van der Waals surface area contributed by atoms with E-state index in [2.05, 4.69) is 19.2 Å². The maximum atomic E-state index is 12.8. The van der Waals surface area contributed by atoms with Crippen LogP contribution in [0, 0.1) is 17.3 Å². The van der Waals surface area contributed by atoms with Gasteiger partial charge in [-0.25, -0.2) is 13.6 Å². The molecule has 8 heteroatoms. The maximum absolute atomic E-state index is 12.8. The van der Waals surface area contributed by atoms with E-state index in [4.69, 9.17) is 21.5 Å². The fourth-order valence-electron chi connectivity index (χ4n) is 3.92. The molecule has 2 aliphatic carbocycles. The Morgan fingerprint density at radius 2 is 2.07 bits per heavy atom. The predicted octanol–water partition coefficient (Wildman–Crippen LogP) is 2.85. The first kappa shape index (κ1) is 19.9. The lowest BCUT2D eigenvalue weighted by Crippen LogP contribution is -2.30. The minimum Gasteiger partial charge on any atom is -0.496 e. The van der Waals surface area contributed by atoms with Gasteiger partial charge < -0.3 is 10.1 Å². The number of rotatable bonds is 5. The zero-order valence-corrected chi connectivity index (χ0v) is 17.0. The second-order valence-corrected chi connectivity index (χ2v) is 9.55. The first-order valence-electron chi connectivity index (χ1n) is 8.61. The van der Waals surface area contributed by atoms with Crippen LogP contribution >= 0.6 is 11.6 Å². The Labute approximate surface area is 164 Å². The van der Waals surface area contributed by atoms with Crippen LogP contribution in [0.1, 0.15) is 30.6 Å². The highest BCUT2D eigenvalue weighted by Gasteiger charge is 2.61. The SMILES string of the molecule is COc1ccc(Cl)cc1C(=O)N[C@H]1[C@H](C2C=CC(S(N)(=O)=O)=CC2)C1(C)C. The number of hydrogen-bond acceptors (Lipinski definition) is 4. The highest BCUT2D eigenvalue weighted by Crippen LogP contribution is 2.57. The largest absolute Gasteiger partial charge is 0.496 e. The van der Waals surface area contributed by atoms with Crippen molar-refractivity contribution < 1.29 is 17.9 Å². The molecule has 1 aromatic rings. The van der Waals surface area contributed by atoms with Crippen molar-refractivity contribution >= 4 is 27.5 Å². The molecule has 1 fully saturated rings. The van der Waals surface area contributed by atoms with Gasteiger partial charge in [-0.05, 0) is 47.9 Å². The highest BCUT2D eigenvalue weighted by molar-refractivity contribution is 7.93. The molecule has 0 aromatic heterocycles. The number of hydrogen-bond donors (Lipinski definition) is 2. The smallest absolute Gasteiger partial charge is 0.255 e. The third kappa shape index (κ3) is 3.90. The molecule has 2 aliphatic rings. The lowest BCUT2D eigenvalue weighted by Gasteiger charge is -2.16. The molecule has 3 rings (SSSR count). The number of carbonyl (C=O) groups excluding carboxylic acids is 1. The van der Waals surface area contributed by atoms with Gasteiger partial charge in [0.1, 0.15) is 5.75 Å². The van der Waals surface area contributed by atoms with E-state index >= 15 is 0 Å². The number of allylic oxidation sites excluding steroid dienone is 3. The predicted molar refractivity (Wildman–Crippen MR) is 105 cm³/mol. The molecular weight excluding hydrogens is 388 g/mol. The average molecular weight is 411 g/mol. The van der Waals surface area contributed by atoms with Crippen molar-refractivity contribution in [3.8, 4) is 5.75 Å². The van der Waals surface area contributed by atoms with Crippen molar-refractivity contribution in [2.45, 2.75) is 26.3 Å². The molecule has 3 atom stereocenters. The van der Waals surface area contributed by atoms with Crippen LogP contribution in [0.3, 0.4) is 0 Å². The van der Waals surface area contributed by atoms with E-state index in [1.165, 1.54) is 7.11 Å². The highest BCUT2D eigenvalue weighted by atomic mass is 35.5. The topological polar surface area (TPSA) is 98.5 Å². The molecule has 0 spiro atoms. The van der Waals surface area contributed by atoms with Gasteiger partial charge >= 0.3 is 0 Å². The summed E-state index contributed by atoms with van der Waals surface area (Å²) in [6, 6.07) is 4.88. The van der Waals surface area contributed by atoms with Crippen LogP contribution in [-0.2, 0) is 10.0 Å². The van der Waals surface area contributed by atoms with E-state index in [-0.39, 0.29) is 34.1 Å². The van der Waals surface area contributed by atoms with Gasteiger partial charge in [0.05, 0.1) is 17.6 Å². The summed E-state index contributed by atoms with van der Waals surface area (Å²) in [6.45, 7) is 4.18. The summed E-state index contributed by atoms with van der Waals surface area (Å²) in [5, 5.41) is 8.71. The molecule has 1 unspecified atom stereocenters. The van der Waals surface area contributed by atoms with E-state index in [9.17, 15) is 13.2 Å². The summed E-state index contributed by atoms with van der Waals surface area (Å²) in [7, 11) is -2.18. The number of amides is 1. The Balaban J connectivity index is 1.73. The molecule has 1 aromatic carbocycles. The lowest BCUT2D eigenvalue weighted by molar-refractivity contribution is 0.0941. The number of benzene rings is 1. The van der Waals surface area contributed by atoms with Crippen molar-refractivity contribution in [1.29, 1.82) is 0 Å². The normalized spacial score (nSPS) is 26.3. The first-order chi connectivity index (χ1) is 12.6. The summed E-state index contributed by atoms with van der Waals surface area (Å²) in [5.41, 5.74) is 0.283. The van der Waals surface area contributed by atoms with Gasteiger partial charge in [0, 0.05) is 11.1 Å². The molecule has 1 amide bonds. The van der Waals surface area contributed by atoms with E-state index in [1.54, 1.807) is 30.4 Å². The van der Waals surface area contributed by atoms with Crippen molar-refractivity contribution in [1.82, 2.24) is 5.32 Å². The zero-order chi connectivity index (χ0) is 20.0. The van der Waals surface area contributed by atoms with Crippen molar-refractivity contribution in [2.75, 3.05) is 7.11 Å². The van der Waals surface area contributed by atoms with Gasteiger partial charge in [-0.15, -0.1) is 0 Å². The fourth-order valence-corrected chi connectivity index (χ4v) is 4.69. The summed E-state index contributed by atoms with van der Waals surface area (Å²) < 4.78 is 28.1. The van der Waals surface area contributed by atoms with Gasteiger partial charge in [0.2, 0.25) is 10.0 Å². The van der Waals surface area contributed by atoms with E-state index in [0.717, 1.165) is 0 Å². The number of nitrogens with two attached hydrogens (primary N) is 1. The number of sulfonamides is 1. The molecule has 0 aliphatic heterocycles. The lowest BCUT2D eigenvalue weighted by atomic mass is 9.91. The monoisotopic (exact) mass is 410 g/mol. The quantitative estimate of drug-likeness (QED) is 0.779. The van der Waals surface area contributed by atoms with Crippen LogP contribution in [0.5, 0.6) is 5.75 Å². The summed E-state index contributed by atoms with van der Waals surface area (Å²) in [6.07, 6.45) is 5.64. The van der Waals surface area contributed by atoms with Crippen LogP contribution in [0.15, 0.2) is 41.3 Å². The Morgan fingerprint density at radius 3 is 2.63 bits per heavy atom. The van der Waals surface area contributed by atoms with Gasteiger partial charge in [0.25, 0.3) is 5.91 Å². The molecule has 0 bridgehead atoms. The van der Waals surface area contributed by atoms with Crippen molar-refractivity contribution in [3.05, 3.63) is 51.9 Å². The zero-order valence-electron chi connectivity index (χ0n) is 15.4. The van der Waals surface area contributed by atoms with Crippen LogP contribution in [-0.4, -0.2) is 27.5 Å². The molecule has 3 N–H and O–H groups in total. The molecule has 27 heavy (non-hydrogen) atoms. The molecule has 0 radical (unpaired) electrons. The Bertz CT molecular complexity index is 937. The number of carbonyl (C=O) groups is 1. The van der Waals surface area contributed by atoms with E-state index < -0.39 is 10.0 Å². The second-order valence-electron chi connectivity index (χ2n) is 7.55. The molecular formula is C19H23ClN2O4S. The number of ether oxygens (including phenoxy) is 1. The molecule has 1 saturated carbocycles. The van der Waals surface area contributed by atoms with Crippen molar-refractivity contribution in [2.24, 2.45) is 22.4 Å². The Morgan fingerprint density at radius 1 is 1.37 bits per heavy atom. The van der Waals surface area contributed by atoms with Crippen molar-refractivity contribution in [3.63, 3.8) is 0 Å². The summed E-state index contributed by atoms with van der Waals surface area (Å²) in [4.78, 5) is 12.9. The number of halogens is 1. The van der Waals surface area contributed by atoms with Gasteiger partial charge in [0.15, 0.2) is 0 Å². The van der Waals surface area contributed by atoms with Crippen LogP contribution in [0.25, 0.3) is 0 Å². The molecule has 6 nitrogen and oxygen atoms in total. The molecule has 0 heterocycles. The Kier molecular flexibility index (Phi) is 5.14. The second kappa shape index (κ2) is 6.96. The number of primary sulfonamides is 1. The van der Waals surface area contributed by atoms with Gasteiger partial charge in [-0.3, -0.25) is 4.79 Å². The van der Waals surface area contributed by atoms with Crippen LogP contribution < -0.4 is 15.2 Å². The fraction of sp³-hybridized carbons (Fsp3) is 0.421. The summed E-state index contributed by atoms with van der Waals surface area (Å²) in [5.74, 6) is 0.555. The average Bonchev–Trinajstić information content (AvgIpc) is 3.14. The number of nitrogens with one attached hydrogen (secondary N) is 1. The standard InChI is InChI=1S/C19H23ClN2O4S/c1-19(2)16(11-4-7-13(8-5-11)27(21,24)25)17(19)22-18(23)14-10-12(20)6-9-15(14)26-3/h4,6-11,16-17H,5H2,1-3H3,(H,22,23)(H2,21,24,25)/t11?,16-,17-/m0/s1. The maximum Gasteiger partial charge on any atom is 0.255 e. The third-order valence-electron chi connectivity index (χ3n) is 5.49. The van der Waals surface area contributed by atoms with E-state index in [0.29, 0.717) is 22.8 Å². The summed E-state index contributed by atoms with van der Waals surface area (Å²) >= 11 is 6.02. The van der Waals surface area contributed by atoms with Crippen LogP contribution in [0.2, 0.25) is 5.02 Å². The minimum absolute atomic E-state index is 0.0345. The van der Waals surface area contributed by atoms with Crippen LogP contribution in [0.4, 0.5) is 0 Å². The number of methoxy groups -OCH3 is 1. The minimum atomic E-state index is -3.69. The van der Waals surface area contributed by atoms with E-state index in [1.807, 2.05) is 6.08 Å². The third-order valence-corrected chi connectivity index (χ3v) is 6.69. The first-order valence-corrected chi connectivity index (χ1v) is 10.5. The van der Waals surface area contributed by atoms with Gasteiger partial charge in [-0.1, -0.05) is 37.6 Å².